The summed E-state index contributed by atoms with van der Waals surface area (Å²) < 4.78 is 29.4. The van der Waals surface area contributed by atoms with Crippen molar-refractivity contribution in [1.82, 2.24) is 9.80 Å². The minimum atomic E-state index is -2.91. The van der Waals surface area contributed by atoms with E-state index in [1.807, 2.05) is 12.1 Å². The fraction of sp³-hybridized carbons (Fsp3) is 0.409. The highest BCUT2D eigenvalue weighted by molar-refractivity contribution is 7.91. The number of piperazine rings is 1. The lowest BCUT2D eigenvalue weighted by Crippen LogP contribution is -2.52. The van der Waals surface area contributed by atoms with Crippen molar-refractivity contribution in [1.29, 1.82) is 0 Å². The Bertz CT molecular complexity index is 1070. The Morgan fingerprint density at radius 2 is 1.81 bits per heavy atom. The minimum Gasteiger partial charge on any atom is -0.488 e. The van der Waals surface area contributed by atoms with Crippen LogP contribution in [0.1, 0.15) is 22.3 Å². The van der Waals surface area contributed by atoms with Gasteiger partial charge in [-0.25, -0.2) is 8.42 Å². The molecule has 2 aliphatic heterocycles. The lowest BCUT2D eigenvalue weighted by Gasteiger charge is -2.37. The summed E-state index contributed by atoms with van der Waals surface area (Å²) in [5, 5.41) is 1.07. The van der Waals surface area contributed by atoms with Gasteiger partial charge in [0.1, 0.15) is 12.4 Å². The van der Waals surface area contributed by atoms with Gasteiger partial charge in [-0.15, -0.1) is 0 Å². The topological polar surface area (TPSA) is 66.9 Å². The number of nitrogens with zero attached hydrogens (tertiary/aromatic N) is 2. The predicted molar refractivity (Wildman–Crippen MR) is 122 cm³/mol. The molecular formula is C22H24Cl2N2O4S. The van der Waals surface area contributed by atoms with Crippen LogP contribution < -0.4 is 4.74 Å². The number of hydrogen-bond acceptors (Lipinski definition) is 5. The standard InChI is InChI=1S/C22H24Cl2N2O4S/c23-17-6-5-16(20(24)13-17)14-30-21-4-2-1-3-19(21)22(27)26-10-8-25(9-11-26)18-7-12-31(28,29)15-18/h1-6,13,18H,7-12,14-15H2/t18-/m0/s1. The molecule has 2 aliphatic rings. The van der Waals surface area contributed by atoms with Gasteiger partial charge < -0.3 is 9.64 Å². The van der Waals surface area contributed by atoms with Gasteiger partial charge in [0.25, 0.3) is 5.91 Å². The van der Waals surface area contributed by atoms with Crippen molar-refractivity contribution in [2.45, 2.75) is 19.1 Å². The van der Waals surface area contributed by atoms with E-state index in [0.717, 1.165) is 5.56 Å². The molecule has 1 amide bonds. The zero-order valence-electron chi connectivity index (χ0n) is 17.0. The number of halogens is 2. The molecule has 0 unspecified atom stereocenters. The smallest absolute Gasteiger partial charge is 0.257 e. The molecule has 2 aromatic rings. The average Bonchev–Trinajstić information content (AvgIpc) is 3.13. The SMILES string of the molecule is O=C(c1ccccc1OCc1ccc(Cl)cc1Cl)N1CCN([C@H]2CCS(=O)(=O)C2)CC1. The Kier molecular flexibility index (Phi) is 6.77. The summed E-state index contributed by atoms with van der Waals surface area (Å²) in [7, 11) is -2.91. The molecule has 2 heterocycles. The molecule has 166 valence electrons. The summed E-state index contributed by atoms with van der Waals surface area (Å²) in [5.74, 6) is 0.906. The van der Waals surface area contributed by atoms with Crippen LogP contribution in [0.4, 0.5) is 0 Å². The quantitative estimate of drug-likeness (QED) is 0.651. The van der Waals surface area contributed by atoms with E-state index in [-0.39, 0.29) is 30.1 Å². The van der Waals surface area contributed by atoms with Crippen LogP contribution in [0.2, 0.25) is 10.0 Å². The molecule has 2 fully saturated rings. The second-order valence-corrected chi connectivity index (χ2v) is 11.0. The fourth-order valence-corrected chi connectivity index (χ4v) is 6.31. The fourth-order valence-electron chi connectivity index (χ4n) is 4.09. The molecule has 0 radical (unpaired) electrons. The highest BCUT2D eigenvalue weighted by Gasteiger charge is 2.34. The summed E-state index contributed by atoms with van der Waals surface area (Å²) in [4.78, 5) is 17.2. The Morgan fingerprint density at radius 3 is 2.48 bits per heavy atom. The number of para-hydroxylation sites is 1. The molecule has 2 aromatic carbocycles. The summed E-state index contributed by atoms with van der Waals surface area (Å²) >= 11 is 12.2. The Labute approximate surface area is 192 Å². The van der Waals surface area contributed by atoms with Gasteiger partial charge in [-0.2, -0.15) is 0 Å². The molecule has 4 rings (SSSR count). The molecule has 0 bridgehead atoms. The van der Waals surface area contributed by atoms with Crippen molar-refractivity contribution in [2.24, 2.45) is 0 Å². The molecule has 1 atom stereocenters. The first kappa shape index (κ1) is 22.4. The third-order valence-corrected chi connectivity index (χ3v) is 8.18. The van der Waals surface area contributed by atoms with E-state index in [2.05, 4.69) is 4.90 Å². The molecule has 9 heteroatoms. The van der Waals surface area contributed by atoms with Crippen LogP contribution in [0, 0.1) is 0 Å². The lowest BCUT2D eigenvalue weighted by atomic mass is 10.1. The number of carbonyl (C=O) groups is 1. The van der Waals surface area contributed by atoms with E-state index in [0.29, 0.717) is 54.0 Å². The van der Waals surface area contributed by atoms with E-state index in [4.69, 9.17) is 27.9 Å². The van der Waals surface area contributed by atoms with Gasteiger partial charge in [0.2, 0.25) is 0 Å². The molecular weight excluding hydrogens is 459 g/mol. The molecule has 2 saturated heterocycles. The van der Waals surface area contributed by atoms with Gasteiger partial charge in [-0.3, -0.25) is 9.69 Å². The molecule has 0 aliphatic carbocycles. The lowest BCUT2D eigenvalue weighted by molar-refractivity contribution is 0.0583. The average molecular weight is 483 g/mol. The molecule has 0 N–H and O–H groups in total. The Hall–Kier alpha value is -1.80. The highest BCUT2D eigenvalue weighted by atomic mass is 35.5. The third kappa shape index (κ3) is 5.34. The maximum atomic E-state index is 13.2. The number of benzene rings is 2. The van der Waals surface area contributed by atoms with E-state index in [1.165, 1.54) is 0 Å². The molecule has 0 aromatic heterocycles. The first-order valence-electron chi connectivity index (χ1n) is 10.2. The number of carbonyl (C=O) groups excluding carboxylic acids is 1. The third-order valence-electron chi connectivity index (χ3n) is 5.84. The van der Waals surface area contributed by atoms with Crippen LogP contribution in [-0.4, -0.2) is 67.9 Å². The van der Waals surface area contributed by atoms with E-state index in [1.54, 1.807) is 35.2 Å². The summed E-state index contributed by atoms with van der Waals surface area (Å²) in [6, 6.07) is 12.5. The van der Waals surface area contributed by atoms with E-state index >= 15 is 0 Å². The minimum absolute atomic E-state index is 0.0713. The number of sulfone groups is 1. The van der Waals surface area contributed by atoms with Crippen LogP contribution in [0.15, 0.2) is 42.5 Å². The van der Waals surface area contributed by atoms with Crippen molar-refractivity contribution in [3.63, 3.8) is 0 Å². The first-order chi connectivity index (χ1) is 14.8. The van der Waals surface area contributed by atoms with Crippen molar-refractivity contribution in [3.8, 4) is 5.75 Å². The van der Waals surface area contributed by atoms with Crippen LogP contribution in [0.3, 0.4) is 0 Å². The van der Waals surface area contributed by atoms with Crippen LogP contribution in [0.25, 0.3) is 0 Å². The normalized spacial score (nSPS) is 21.2. The summed E-state index contributed by atoms with van der Waals surface area (Å²) in [6.07, 6.45) is 0.681. The molecule has 0 saturated carbocycles. The summed E-state index contributed by atoms with van der Waals surface area (Å²) in [6.45, 7) is 2.70. The van der Waals surface area contributed by atoms with Gasteiger partial charge >= 0.3 is 0 Å². The Morgan fingerprint density at radius 1 is 1.06 bits per heavy atom. The molecule has 0 spiro atoms. The van der Waals surface area contributed by atoms with Crippen molar-refractivity contribution < 1.29 is 17.9 Å². The van der Waals surface area contributed by atoms with E-state index in [9.17, 15) is 13.2 Å². The maximum absolute atomic E-state index is 13.2. The van der Waals surface area contributed by atoms with E-state index < -0.39 is 9.84 Å². The van der Waals surface area contributed by atoms with Crippen LogP contribution in [0.5, 0.6) is 5.75 Å². The van der Waals surface area contributed by atoms with Gasteiger partial charge in [0, 0.05) is 47.8 Å². The second kappa shape index (κ2) is 9.36. The molecule has 31 heavy (non-hydrogen) atoms. The Balaban J connectivity index is 1.39. The predicted octanol–water partition coefficient (Wildman–Crippen LogP) is 3.52. The van der Waals surface area contributed by atoms with Gasteiger partial charge in [-0.05, 0) is 30.7 Å². The zero-order chi connectivity index (χ0) is 22.0. The first-order valence-corrected chi connectivity index (χ1v) is 12.8. The van der Waals surface area contributed by atoms with Gasteiger partial charge in [0.15, 0.2) is 9.84 Å². The maximum Gasteiger partial charge on any atom is 0.257 e. The van der Waals surface area contributed by atoms with Gasteiger partial charge in [0.05, 0.1) is 17.1 Å². The van der Waals surface area contributed by atoms with Crippen molar-refractivity contribution >= 4 is 38.9 Å². The number of rotatable bonds is 5. The van der Waals surface area contributed by atoms with Crippen molar-refractivity contribution in [2.75, 3.05) is 37.7 Å². The number of ether oxygens (including phenoxy) is 1. The van der Waals surface area contributed by atoms with Crippen LogP contribution >= 0.6 is 23.2 Å². The number of hydrogen-bond donors (Lipinski definition) is 0. The monoisotopic (exact) mass is 482 g/mol. The highest BCUT2D eigenvalue weighted by Crippen LogP contribution is 2.26. The largest absolute Gasteiger partial charge is 0.488 e. The summed E-state index contributed by atoms with van der Waals surface area (Å²) in [5.41, 5.74) is 1.29. The van der Waals surface area contributed by atoms with Crippen molar-refractivity contribution in [3.05, 3.63) is 63.6 Å². The van der Waals surface area contributed by atoms with Crippen LogP contribution in [-0.2, 0) is 16.4 Å². The second-order valence-electron chi connectivity index (χ2n) is 7.91. The number of amides is 1. The molecule has 6 nitrogen and oxygen atoms in total. The zero-order valence-corrected chi connectivity index (χ0v) is 19.3. The van der Waals surface area contributed by atoms with Gasteiger partial charge in [-0.1, -0.05) is 41.4 Å².